The van der Waals surface area contributed by atoms with Crippen LogP contribution in [0.2, 0.25) is 0 Å². The van der Waals surface area contributed by atoms with E-state index in [0.717, 1.165) is 18.9 Å². The minimum atomic E-state index is -0.0215. The van der Waals surface area contributed by atoms with Crippen LogP contribution in [0, 0.1) is 5.92 Å². The molecular formula is C19H21N3O2. The number of nitrogens with zero attached hydrogens (tertiary/aromatic N) is 3. The van der Waals surface area contributed by atoms with Gasteiger partial charge >= 0.3 is 0 Å². The molecule has 5 nitrogen and oxygen atoms in total. The number of pyridine rings is 2. The molecule has 0 spiro atoms. The van der Waals surface area contributed by atoms with E-state index >= 15 is 0 Å². The van der Waals surface area contributed by atoms with Gasteiger partial charge in [-0.1, -0.05) is 0 Å². The summed E-state index contributed by atoms with van der Waals surface area (Å²) in [6.07, 6.45) is 7.98. The van der Waals surface area contributed by atoms with Crippen LogP contribution >= 0.6 is 0 Å². The number of ketones is 1. The van der Waals surface area contributed by atoms with Crippen molar-refractivity contribution in [2.24, 2.45) is 5.92 Å². The fraction of sp³-hybridized carbons (Fsp3) is 0.421. The lowest BCUT2D eigenvalue weighted by atomic mass is 10.1. The molecule has 0 unspecified atom stereocenters. The molecule has 0 radical (unpaired) electrons. The summed E-state index contributed by atoms with van der Waals surface area (Å²) >= 11 is 0. The van der Waals surface area contributed by atoms with Gasteiger partial charge in [-0.15, -0.1) is 0 Å². The van der Waals surface area contributed by atoms with Crippen LogP contribution in [0.5, 0.6) is 0 Å². The third-order valence-corrected chi connectivity index (χ3v) is 4.69. The predicted octanol–water partition coefficient (Wildman–Crippen LogP) is 2.71. The Hall–Kier alpha value is -2.27. The average molecular weight is 323 g/mol. The SMILES string of the molecule is C[C@@H]1CN(c2cc(C(=O)c3cccnc3)ccn2)C[C@@H](C2CC2)O1. The highest BCUT2D eigenvalue weighted by Gasteiger charge is 2.37. The topological polar surface area (TPSA) is 55.3 Å². The van der Waals surface area contributed by atoms with Crippen LogP contribution < -0.4 is 4.90 Å². The maximum atomic E-state index is 12.6. The van der Waals surface area contributed by atoms with Gasteiger partial charge in [0.1, 0.15) is 5.82 Å². The molecule has 1 saturated heterocycles. The molecule has 5 heteroatoms. The van der Waals surface area contributed by atoms with Crippen LogP contribution in [0.3, 0.4) is 0 Å². The lowest BCUT2D eigenvalue weighted by Gasteiger charge is -2.37. The van der Waals surface area contributed by atoms with Crippen molar-refractivity contribution in [3.63, 3.8) is 0 Å². The lowest BCUT2D eigenvalue weighted by Crippen LogP contribution is -2.47. The fourth-order valence-corrected chi connectivity index (χ4v) is 3.30. The van der Waals surface area contributed by atoms with Gasteiger partial charge in [-0.25, -0.2) is 4.98 Å². The van der Waals surface area contributed by atoms with Crippen LogP contribution in [0.25, 0.3) is 0 Å². The first-order chi connectivity index (χ1) is 11.7. The maximum Gasteiger partial charge on any atom is 0.194 e. The molecule has 2 fully saturated rings. The van der Waals surface area contributed by atoms with E-state index in [9.17, 15) is 4.79 Å². The standard InChI is InChI=1S/C19H21N3O2/c1-13-11-22(12-17(24-13)14-4-5-14)18-9-15(6-8-21-18)19(23)16-3-2-7-20-10-16/h2-3,6-10,13-14,17H,4-5,11-12H2,1H3/t13-,17+/m1/s1. The van der Waals surface area contributed by atoms with Gasteiger partial charge in [-0.3, -0.25) is 9.78 Å². The third kappa shape index (κ3) is 3.17. The smallest absolute Gasteiger partial charge is 0.194 e. The van der Waals surface area contributed by atoms with Gasteiger partial charge in [0.25, 0.3) is 0 Å². The summed E-state index contributed by atoms with van der Waals surface area (Å²) in [5.74, 6) is 1.52. The van der Waals surface area contributed by atoms with Gasteiger partial charge in [0, 0.05) is 42.8 Å². The van der Waals surface area contributed by atoms with Gasteiger partial charge in [-0.2, -0.15) is 0 Å². The Morgan fingerprint density at radius 1 is 1.21 bits per heavy atom. The summed E-state index contributed by atoms with van der Waals surface area (Å²) in [4.78, 5) is 23.4. The molecule has 3 heterocycles. The maximum absolute atomic E-state index is 12.6. The molecule has 0 aromatic carbocycles. The van der Waals surface area contributed by atoms with E-state index in [4.69, 9.17) is 4.74 Å². The van der Waals surface area contributed by atoms with Crippen molar-refractivity contribution in [2.45, 2.75) is 32.0 Å². The largest absolute Gasteiger partial charge is 0.371 e. The zero-order chi connectivity index (χ0) is 16.5. The predicted molar refractivity (Wildman–Crippen MR) is 91.2 cm³/mol. The number of aromatic nitrogens is 2. The number of ether oxygens (including phenoxy) is 1. The Kier molecular flexibility index (Phi) is 4.02. The van der Waals surface area contributed by atoms with Crippen molar-refractivity contribution in [1.29, 1.82) is 0 Å². The van der Waals surface area contributed by atoms with Crippen molar-refractivity contribution >= 4 is 11.6 Å². The van der Waals surface area contributed by atoms with Crippen LogP contribution in [-0.4, -0.2) is 41.0 Å². The Morgan fingerprint density at radius 3 is 2.83 bits per heavy atom. The molecular weight excluding hydrogens is 302 g/mol. The van der Waals surface area contributed by atoms with Crippen molar-refractivity contribution in [3.05, 3.63) is 54.0 Å². The van der Waals surface area contributed by atoms with Gasteiger partial charge < -0.3 is 9.64 Å². The van der Waals surface area contributed by atoms with Crippen LogP contribution in [-0.2, 0) is 4.74 Å². The Bertz CT molecular complexity index is 730. The molecule has 2 aromatic heterocycles. The van der Waals surface area contributed by atoms with E-state index in [1.165, 1.54) is 12.8 Å². The molecule has 0 bridgehead atoms. The molecule has 2 aromatic rings. The molecule has 0 amide bonds. The van der Waals surface area contributed by atoms with E-state index < -0.39 is 0 Å². The normalized spacial score (nSPS) is 24.0. The van der Waals surface area contributed by atoms with E-state index in [2.05, 4.69) is 21.8 Å². The number of carbonyl (C=O) groups excluding carboxylic acids is 1. The first kappa shape index (κ1) is 15.3. The van der Waals surface area contributed by atoms with Crippen LogP contribution in [0.4, 0.5) is 5.82 Å². The van der Waals surface area contributed by atoms with Crippen LogP contribution in [0.1, 0.15) is 35.7 Å². The van der Waals surface area contributed by atoms with Crippen molar-refractivity contribution in [1.82, 2.24) is 9.97 Å². The molecule has 24 heavy (non-hydrogen) atoms. The van der Waals surface area contributed by atoms with E-state index in [-0.39, 0.29) is 18.0 Å². The average Bonchev–Trinajstić information content (AvgIpc) is 3.47. The Balaban J connectivity index is 1.57. The first-order valence-electron chi connectivity index (χ1n) is 8.52. The summed E-state index contributed by atoms with van der Waals surface area (Å²) in [6, 6.07) is 7.22. The molecule has 2 atom stereocenters. The number of rotatable bonds is 4. The summed E-state index contributed by atoms with van der Waals surface area (Å²) in [5.41, 5.74) is 1.25. The van der Waals surface area contributed by atoms with Gasteiger partial charge in [0.15, 0.2) is 5.78 Å². The van der Waals surface area contributed by atoms with E-state index in [1.807, 2.05) is 6.07 Å². The monoisotopic (exact) mass is 323 g/mol. The fourth-order valence-electron chi connectivity index (χ4n) is 3.30. The minimum absolute atomic E-state index is 0.0215. The summed E-state index contributed by atoms with van der Waals surface area (Å²) in [6.45, 7) is 3.76. The molecule has 1 aliphatic carbocycles. The van der Waals surface area contributed by atoms with E-state index in [1.54, 1.807) is 36.8 Å². The molecule has 1 saturated carbocycles. The Morgan fingerprint density at radius 2 is 2.08 bits per heavy atom. The van der Waals surface area contributed by atoms with Crippen LogP contribution in [0.15, 0.2) is 42.9 Å². The molecule has 2 aliphatic rings. The molecule has 1 aliphatic heterocycles. The third-order valence-electron chi connectivity index (χ3n) is 4.69. The van der Waals surface area contributed by atoms with Gasteiger partial charge in [-0.05, 0) is 49.9 Å². The number of anilines is 1. The Labute approximate surface area is 141 Å². The number of morpholine rings is 1. The second-order valence-corrected chi connectivity index (χ2v) is 6.70. The van der Waals surface area contributed by atoms with Crippen molar-refractivity contribution in [2.75, 3.05) is 18.0 Å². The molecule has 124 valence electrons. The first-order valence-corrected chi connectivity index (χ1v) is 8.52. The number of hydrogen-bond acceptors (Lipinski definition) is 5. The minimum Gasteiger partial charge on any atom is -0.371 e. The van der Waals surface area contributed by atoms with Gasteiger partial charge in [0.05, 0.1) is 12.2 Å². The molecule has 0 N–H and O–H groups in total. The van der Waals surface area contributed by atoms with E-state index in [0.29, 0.717) is 17.0 Å². The number of hydrogen-bond donors (Lipinski definition) is 0. The highest BCUT2D eigenvalue weighted by atomic mass is 16.5. The summed E-state index contributed by atoms with van der Waals surface area (Å²) in [5, 5.41) is 0. The summed E-state index contributed by atoms with van der Waals surface area (Å²) in [7, 11) is 0. The highest BCUT2D eigenvalue weighted by molar-refractivity contribution is 6.09. The second-order valence-electron chi connectivity index (χ2n) is 6.70. The van der Waals surface area contributed by atoms with Crippen molar-refractivity contribution < 1.29 is 9.53 Å². The summed E-state index contributed by atoms with van der Waals surface area (Å²) < 4.78 is 6.06. The highest BCUT2D eigenvalue weighted by Crippen LogP contribution is 2.37. The second kappa shape index (κ2) is 6.32. The number of carbonyl (C=O) groups is 1. The zero-order valence-corrected chi connectivity index (χ0v) is 13.8. The zero-order valence-electron chi connectivity index (χ0n) is 13.8. The lowest BCUT2D eigenvalue weighted by molar-refractivity contribution is -0.0273. The van der Waals surface area contributed by atoms with Crippen molar-refractivity contribution in [3.8, 4) is 0 Å². The quantitative estimate of drug-likeness (QED) is 0.810. The van der Waals surface area contributed by atoms with Gasteiger partial charge in [0.2, 0.25) is 0 Å². The molecule has 4 rings (SSSR count).